The number of rotatable bonds is 37. The molecule has 4 atom stereocenters. The van der Waals surface area contributed by atoms with Gasteiger partial charge in [0, 0.05) is 6.54 Å². The lowest BCUT2D eigenvalue weighted by molar-refractivity contribution is -0.124. The number of carbonyl (C=O) groups excluding carboxylic acids is 1. The lowest BCUT2D eigenvalue weighted by Gasteiger charge is -2.24. The molecule has 0 saturated heterocycles. The van der Waals surface area contributed by atoms with Gasteiger partial charge < -0.3 is 26.2 Å². The van der Waals surface area contributed by atoms with E-state index in [0.717, 1.165) is 64.2 Å². The highest BCUT2D eigenvalue weighted by Gasteiger charge is 2.27. The molecular formula is C40H77N2O7P. The van der Waals surface area contributed by atoms with Crippen molar-refractivity contribution in [2.45, 2.75) is 193 Å². The van der Waals surface area contributed by atoms with Crippen LogP contribution in [0, 0.1) is 0 Å². The van der Waals surface area contributed by atoms with Gasteiger partial charge >= 0.3 is 7.82 Å². The molecule has 0 saturated carbocycles. The van der Waals surface area contributed by atoms with Crippen molar-refractivity contribution in [2.24, 2.45) is 5.73 Å². The summed E-state index contributed by atoms with van der Waals surface area (Å²) in [5, 5.41) is 24.0. The summed E-state index contributed by atoms with van der Waals surface area (Å²) in [6, 6.07) is -0.985. The van der Waals surface area contributed by atoms with Crippen LogP contribution in [0.1, 0.15) is 174 Å². The van der Waals surface area contributed by atoms with Crippen molar-refractivity contribution in [1.82, 2.24) is 5.32 Å². The van der Waals surface area contributed by atoms with Crippen molar-refractivity contribution >= 4 is 13.7 Å². The largest absolute Gasteiger partial charge is 0.472 e. The molecule has 4 unspecified atom stereocenters. The number of hydrogen-bond donors (Lipinski definition) is 5. The third kappa shape index (κ3) is 33.8. The van der Waals surface area contributed by atoms with Gasteiger partial charge in [-0.1, -0.05) is 153 Å². The first-order chi connectivity index (χ1) is 24.3. The highest BCUT2D eigenvalue weighted by Crippen LogP contribution is 2.43. The maximum Gasteiger partial charge on any atom is 0.472 e. The fraction of sp³-hybridized carbons (Fsp3) is 0.825. The lowest BCUT2D eigenvalue weighted by atomic mass is 10.0. The standard InChI is InChI=1S/C40H77N2O7P/c1-3-5-7-9-11-13-15-17-18-20-21-23-25-27-29-31-37(43)35-40(45)42-38(36-49-50(46,47)48-34-33-41)39(44)32-30-28-26-24-22-19-16-14-12-10-8-6-4-2/h11,13,17-18,30,32,37-39,43-44H,3-10,12,14-16,19-29,31,33-36,41H2,1-2H3,(H,42,45)(H,46,47)/b13-11-,18-17-,32-30+. The highest BCUT2D eigenvalue weighted by atomic mass is 31.2. The third-order valence-corrected chi connectivity index (χ3v) is 9.75. The molecule has 0 fully saturated rings. The number of phosphoric acid groups is 1. The number of unbranched alkanes of at least 4 members (excludes halogenated alkanes) is 19. The van der Waals surface area contributed by atoms with E-state index < -0.39 is 38.6 Å². The molecular weight excluding hydrogens is 651 g/mol. The Morgan fingerprint density at radius 2 is 1.18 bits per heavy atom. The normalized spacial score (nSPS) is 15.2. The monoisotopic (exact) mass is 729 g/mol. The Labute approximate surface area is 306 Å². The number of nitrogens with two attached hydrogens (primary N) is 1. The van der Waals surface area contributed by atoms with Gasteiger partial charge in [0.25, 0.3) is 0 Å². The molecule has 10 heteroatoms. The molecule has 294 valence electrons. The molecule has 0 bridgehead atoms. The molecule has 6 N–H and O–H groups in total. The number of aliphatic hydroxyl groups excluding tert-OH is 2. The second-order valence-electron chi connectivity index (χ2n) is 13.7. The van der Waals surface area contributed by atoms with Crippen molar-refractivity contribution in [3.63, 3.8) is 0 Å². The van der Waals surface area contributed by atoms with Crippen molar-refractivity contribution in [2.75, 3.05) is 19.8 Å². The van der Waals surface area contributed by atoms with Gasteiger partial charge in [-0.2, -0.15) is 0 Å². The van der Waals surface area contributed by atoms with Crippen LogP contribution in [-0.4, -0.2) is 59.0 Å². The zero-order valence-corrected chi connectivity index (χ0v) is 32.9. The van der Waals surface area contributed by atoms with Gasteiger partial charge in [-0.15, -0.1) is 0 Å². The summed E-state index contributed by atoms with van der Waals surface area (Å²) in [5.74, 6) is -0.456. The van der Waals surface area contributed by atoms with Crippen LogP contribution in [0.2, 0.25) is 0 Å². The minimum Gasteiger partial charge on any atom is -0.393 e. The first-order valence-corrected chi connectivity index (χ1v) is 21.7. The molecule has 1 amide bonds. The summed E-state index contributed by atoms with van der Waals surface area (Å²) in [6.07, 6.45) is 37.9. The molecule has 0 spiro atoms. The second kappa shape index (κ2) is 36.1. The molecule has 9 nitrogen and oxygen atoms in total. The van der Waals surface area contributed by atoms with Gasteiger partial charge in [0.1, 0.15) is 0 Å². The SMILES string of the molecule is CCCCC/C=C\C/C=C\CCCCCCCC(O)CC(=O)NC(COP(=O)(O)OCCN)C(O)/C=C/CCCCCCCCCCCCC. The molecule has 0 aromatic carbocycles. The van der Waals surface area contributed by atoms with Gasteiger partial charge in [0.15, 0.2) is 0 Å². The third-order valence-electron chi connectivity index (χ3n) is 8.76. The minimum atomic E-state index is -4.40. The van der Waals surface area contributed by atoms with Crippen molar-refractivity contribution < 1.29 is 33.5 Å². The van der Waals surface area contributed by atoms with Crippen LogP contribution in [0.4, 0.5) is 0 Å². The molecule has 0 heterocycles. The Hall–Kier alpha value is -1.32. The molecule has 0 radical (unpaired) electrons. The summed E-state index contributed by atoms with van der Waals surface area (Å²) in [5.41, 5.74) is 5.35. The summed E-state index contributed by atoms with van der Waals surface area (Å²) >= 11 is 0. The number of hydrogen-bond acceptors (Lipinski definition) is 7. The van der Waals surface area contributed by atoms with Crippen molar-refractivity contribution in [3.05, 3.63) is 36.5 Å². The summed E-state index contributed by atoms with van der Waals surface area (Å²) in [4.78, 5) is 22.7. The van der Waals surface area contributed by atoms with Crippen LogP contribution >= 0.6 is 7.82 Å². The summed E-state index contributed by atoms with van der Waals surface area (Å²) < 4.78 is 22.0. The Morgan fingerprint density at radius 3 is 1.74 bits per heavy atom. The molecule has 0 aliphatic rings. The number of phosphoric ester groups is 1. The van der Waals surface area contributed by atoms with Gasteiger partial charge in [-0.05, 0) is 51.4 Å². The Kier molecular flexibility index (Phi) is 35.1. The average molecular weight is 729 g/mol. The van der Waals surface area contributed by atoms with Gasteiger partial charge in [-0.25, -0.2) is 4.57 Å². The summed E-state index contributed by atoms with van der Waals surface area (Å²) in [7, 11) is -4.40. The molecule has 0 aliphatic heterocycles. The minimum absolute atomic E-state index is 0.0467. The summed E-state index contributed by atoms with van der Waals surface area (Å²) in [6.45, 7) is 3.92. The van der Waals surface area contributed by atoms with Gasteiger partial charge in [-0.3, -0.25) is 13.8 Å². The zero-order chi connectivity index (χ0) is 37.0. The van der Waals surface area contributed by atoms with Crippen molar-refractivity contribution in [1.29, 1.82) is 0 Å². The number of aliphatic hydroxyl groups is 2. The maximum absolute atomic E-state index is 12.8. The van der Waals surface area contributed by atoms with Gasteiger partial charge in [0.05, 0.1) is 37.9 Å². The molecule has 0 aliphatic carbocycles. The molecule has 50 heavy (non-hydrogen) atoms. The van der Waals surface area contributed by atoms with E-state index >= 15 is 0 Å². The van der Waals surface area contributed by atoms with Crippen LogP contribution in [0.25, 0.3) is 0 Å². The first kappa shape index (κ1) is 48.7. The predicted molar refractivity (Wildman–Crippen MR) is 209 cm³/mol. The Balaban J connectivity index is 4.41. The van der Waals surface area contributed by atoms with Crippen LogP contribution in [0.5, 0.6) is 0 Å². The number of carbonyl (C=O) groups is 1. The molecule has 0 aromatic rings. The van der Waals surface area contributed by atoms with E-state index in [-0.39, 0.29) is 19.6 Å². The average Bonchev–Trinajstić information content (AvgIpc) is 3.09. The lowest BCUT2D eigenvalue weighted by Crippen LogP contribution is -2.46. The Morgan fingerprint density at radius 1 is 0.700 bits per heavy atom. The first-order valence-electron chi connectivity index (χ1n) is 20.2. The van der Waals surface area contributed by atoms with E-state index in [9.17, 15) is 24.5 Å². The van der Waals surface area contributed by atoms with Crippen LogP contribution in [0.15, 0.2) is 36.5 Å². The van der Waals surface area contributed by atoms with Gasteiger partial charge in [0.2, 0.25) is 5.91 Å². The highest BCUT2D eigenvalue weighted by molar-refractivity contribution is 7.47. The van der Waals surface area contributed by atoms with E-state index in [1.807, 2.05) is 6.08 Å². The molecule has 0 aromatic heterocycles. The topological polar surface area (TPSA) is 151 Å². The van der Waals surface area contributed by atoms with E-state index in [2.05, 4.69) is 43.5 Å². The van der Waals surface area contributed by atoms with E-state index in [4.69, 9.17) is 14.8 Å². The predicted octanol–water partition coefficient (Wildman–Crippen LogP) is 9.75. The zero-order valence-electron chi connectivity index (χ0n) is 32.0. The fourth-order valence-corrected chi connectivity index (χ4v) is 6.43. The smallest absolute Gasteiger partial charge is 0.393 e. The van der Waals surface area contributed by atoms with Crippen LogP contribution in [0.3, 0.4) is 0 Å². The number of allylic oxidation sites excluding steroid dienone is 5. The Bertz CT molecular complexity index is 899. The number of nitrogens with one attached hydrogen (secondary N) is 1. The quantitative estimate of drug-likeness (QED) is 0.0241. The van der Waals surface area contributed by atoms with Crippen LogP contribution in [-0.2, 0) is 18.4 Å². The number of amides is 1. The fourth-order valence-electron chi connectivity index (χ4n) is 5.67. The molecule has 0 rings (SSSR count). The van der Waals surface area contributed by atoms with Crippen molar-refractivity contribution in [3.8, 4) is 0 Å². The van der Waals surface area contributed by atoms with Crippen LogP contribution < -0.4 is 11.1 Å². The van der Waals surface area contributed by atoms with E-state index in [0.29, 0.717) is 6.42 Å². The van der Waals surface area contributed by atoms with E-state index in [1.165, 1.54) is 83.5 Å². The van der Waals surface area contributed by atoms with E-state index in [1.54, 1.807) is 6.08 Å². The second-order valence-corrected chi connectivity index (χ2v) is 15.1. The maximum atomic E-state index is 12.8.